The summed E-state index contributed by atoms with van der Waals surface area (Å²) in [4.78, 5) is 20.4. The molecule has 0 spiro atoms. The Morgan fingerprint density at radius 3 is 2.46 bits per heavy atom. The molecule has 7 nitrogen and oxygen atoms in total. The number of aromatic nitrogens is 2. The van der Waals surface area contributed by atoms with Crippen molar-refractivity contribution in [3.05, 3.63) is 46.1 Å². The van der Waals surface area contributed by atoms with E-state index in [1.54, 1.807) is 17.5 Å². The highest BCUT2D eigenvalue weighted by molar-refractivity contribution is 7.67. The number of thiazole rings is 1. The Balaban J connectivity index is 1.86. The first-order valence-corrected chi connectivity index (χ1v) is 11.1. The number of pyridine rings is 1. The van der Waals surface area contributed by atoms with Gasteiger partial charge in [0.15, 0.2) is 0 Å². The largest absolute Gasteiger partial charge is 0.379 e. The molecule has 2 aromatic rings. The summed E-state index contributed by atoms with van der Waals surface area (Å²) in [7, 11) is -0.787. The second-order valence-electron chi connectivity index (χ2n) is 6.45. The Bertz CT molecular complexity index is 822. The van der Waals surface area contributed by atoms with Gasteiger partial charge in [-0.2, -0.15) is 0 Å². The smallest absolute Gasteiger partial charge is 0.337 e. The van der Waals surface area contributed by atoms with Crippen molar-refractivity contribution < 1.29 is 4.89 Å². The van der Waals surface area contributed by atoms with Crippen molar-refractivity contribution in [2.75, 3.05) is 24.2 Å². The minimum Gasteiger partial charge on any atom is -0.379 e. The van der Waals surface area contributed by atoms with Crippen LogP contribution in [0.3, 0.4) is 0 Å². The summed E-state index contributed by atoms with van der Waals surface area (Å²) in [5, 5.41) is 15.0. The SMILES string of the molecule is CNc1cnc(C(CNc2ccc(C)nc2C)[P+]2(O)NC(C)=C(C)N2)s1. The maximum Gasteiger partial charge on any atom is 0.337 e. The zero-order chi connectivity index (χ0) is 18.9. The summed E-state index contributed by atoms with van der Waals surface area (Å²) in [6.45, 7) is 8.46. The molecule has 0 bridgehead atoms. The molecule has 1 aliphatic heterocycles. The zero-order valence-corrected chi connectivity index (χ0v) is 17.4. The molecule has 3 heterocycles. The summed E-state index contributed by atoms with van der Waals surface area (Å²) >= 11 is 1.56. The standard InChI is InChI=1S/C17H26N6OPS/c1-10-6-7-14(13(4)21-10)19-8-15(17-20-9-16(18-5)26-17)25(24)22-11(2)12(3)23-25/h6-7,9,15,18-19,22-24H,8H2,1-5H3/q+1. The average Bonchev–Trinajstić information content (AvgIpc) is 3.14. The molecule has 0 aliphatic carbocycles. The third-order valence-corrected chi connectivity index (χ3v) is 8.44. The number of nitrogens with zero attached hydrogens (tertiary/aromatic N) is 2. The number of nitrogens with one attached hydrogen (secondary N) is 4. The van der Waals surface area contributed by atoms with E-state index in [0.717, 1.165) is 38.5 Å². The Morgan fingerprint density at radius 1 is 1.19 bits per heavy atom. The lowest BCUT2D eigenvalue weighted by molar-refractivity contribution is 0.563. The Morgan fingerprint density at radius 2 is 1.88 bits per heavy atom. The summed E-state index contributed by atoms with van der Waals surface area (Å²) in [6.07, 6.45) is 1.81. The summed E-state index contributed by atoms with van der Waals surface area (Å²) in [6, 6.07) is 4.01. The molecule has 0 saturated carbocycles. The lowest BCUT2D eigenvalue weighted by atomic mass is 10.2. The van der Waals surface area contributed by atoms with E-state index in [2.05, 4.69) is 30.8 Å². The van der Waals surface area contributed by atoms with E-state index in [1.165, 1.54) is 0 Å². The molecule has 0 amide bonds. The first-order chi connectivity index (χ1) is 12.3. The van der Waals surface area contributed by atoms with E-state index in [1.807, 2.05) is 46.9 Å². The molecular weight excluding hydrogens is 367 g/mol. The highest BCUT2D eigenvalue weighted by Crippen LogP contribution is 2.63. The fourth-order valence-corrected chi connectivity index (χ4v) is 6.72. The fourth-order valence-electron chi connectivity index (χ4n) is 2.88. The minimum absolute atomic E-state index is 0.192. The van der Waals surface area contributed by atoms with Gasteiger partial charge in [0.05, 0.1) is 35.5 Å². The Kier molecular flexibility index (Phi) is 5.37. The molecule has 5 N–H and O–H groups in total. The van der Waals surface area contributed by atoms with Gasteiger partial charge in [0, 0.05) is 12.7 Å². The molecule has 140 valence electrons. The number of aryl methyl sites for hydroxylation is 2. The van der Waals surface area contributed by atoms with Crippen LogP contribution in [0.4, 0.5) is 10.7 Å². The van der Waals surface area contributed by atoms with Crippen LogP contribution in [0.5, 0.6) is 0 Å². The molecular formula is C17H26N6OPS+. The van der Waals surface area contributed by atoms with Crippen molar-refractivity contribution in [1.29, 1.82) is 0 Å². The zero-order valence-electron chi connectivity index (χ0n) is 15.7. The Hall–Kier alpha value is -1.89. The number of hydrogen-bond acceptors (Lipinski definition) is 8. The third kappa shape index (κ3) is 3.77. The van der Waals surface area contributed by atoms with E-state index in [-0.39, 0.29) is 5.66 Å². The summed E-state index contributed by atoms with van der Waals surface area (Å²) in [5.41, 5.74) is 4.67. The van der Waals surface area contributed by atoms with Crippen LogP contribution >= 0.6 is 19.1 Å². The molecule has 1 atom stereocenters. The van der Waals surface area contributed by atoms with Gasteiger partial charge in [0.2, 0.25) is 5.66 Å². The van der Waals surface area contributed by atoms with Crippen molar-refractivity contribution in [2.24, 2.45) is 0 Å². The van der Waals surface area contributed by atoms with Crippen LogP contribution in [0.2, 0.25) is 0 Å². The maximum absolute atomic E-state index is 11.4. The van der Waals surface area contributed by atoms with Crippen LogP contribution in [0, 0.1) is 13.8 Å². The van der Waals surface area contributed by atoms with Gasteiger partial charge < -0.3 is 10.6 Å². The van der Waals surface area contributed by atoms with Gasteiger partial charge in [-0.25, -0.2) is 20.1 Å². The number of rotatable bonds is 6. The molecule has 0 aromatic carbocycles. The average molecular weight is 393 g/mol. The van der Waals surface area contributed by atoms with Gasteiger partial charge in [0.25, 0.3) is 0 Å². The predicted molar refractivity (Wildman–Crippen MR) is 110 cm³/mol. The van der Waals surface area contributed by atoms with Crippen LogP contribution in [0.15, 0.2) is 29.7 Å². The van der Waals surface area contributed by atoms with Crippen LogP contribution in [-0.4, -0.2) is 28.5 Å². The third-order valence-electron chi connectivity index (χ3n) is 4.46. The molecule has 1 aliphatic rings. The van der Waals surface area contributed by atoms with E-state index >= 15 is 0 Å². The predicted octanol–water partition coefficient (Wildman–Crippen LogP) is 3.55. The number of anilines is 2. The molecule has 26 heavy (non-hydrogen) atoms. The fraction of sp³-hybridized carbons (Fsp3) is 0.412. The van der Waals surface area contributed by atoms with Gasteiger partial charge in [-0.05, 0) is 39.8 Å². The quantitative estimate of drug-likeness (QED) is 0.479. The van der Waals surface area contributed by atoms with Gasteiger partial charge in [-0.15, -0.1) is 0 Å². The van der Waals surface area contributed by atoms with Crippen molar-refractivity contribution >= 4 is 29.8 Å². The van der Waals surface area contributed by atoms with Gasteiger partial charge >= 0.3 is 7.79 Å². The second kappa shape index (κ2) is 7.39. The molecule has 0 saturated heterocycles. The monoisotopic (exact) mass is 393 g/mol. The molecule has 9 heteroatoms. The first kappa shape index (κ1) is 18.9. The van der Waals surface area contributed by atoms with Crippen LogP contribution in [0.1, 0.15) is 35.9 Å². The van der Waals surface area contributed by atoms with Crippen LogP contribution < -0.4 is 20.8 Å². The molecule has 0 radical (unpaired) electrons. The molecule has 1 unspecified atom stereocenters. The van der Waals surface area contributed by atoms with Crippen molar-refractivity contribution in [2.45, 2.75) is 33.4 Å². The van der Waals surface area contributed by atoms with Crippen molar-refractivity contribution in [3.63, 3.8) is 0 Å². The van der Waals surface area contributed by atoms with E-state index < -0.39 is 7.79 Å². The van der Waals surface area contributed by atoms with Crippen molar-refractivity contribution in [1.82, 2.24) is 20.1 Å². The Labute approximate surface area is 158 Å². The maximum atomic E-state index is 11.4. The van der Waals surface area contributed by atoms with Crippen LogP contribution in [0.25, 0.3) is 0 Å². The summed E-state index contributed by atoms with van der Waals surface area (Å²) in [5.74, 6) is 0. The lowest BCUT2D eigenvalue weighted by Gasteiger charge is -2.24. The summed E-state index contributed by atoms with van der Waals surface area (Å²) < 4.78 is 0. The molecule has 3 rings (SSSR count). The lowest BCUT2D eigenvalue weighted by Crippen LogP contribution is -2.27. The van der Waals surface area contributed by atoms with E-state index in [9.17, 15) is 4.89 Å². The normalized spacial score (nSPS) is 16.8. The minimum atomic E-state index is -2.66. The second-order valence-corrected chi connectivity index (χ2v) is 9.96. The highest BCUT2D eigenvalue weighted by atomic mass is 32.1. The van der Waals surface area contributed by atoms with E-state index in [4.69, 9.17) is 0 Å². The first-order valence-electron chi connectivity index (χ1n) is 8.49. The topological polar surface area (TPSA) is 94.1 Å². The van der Waals surface area contributed by atoms with Gasteiger partial charge in [-0.1, -0.05) is 11.3 Å². The highest BCUT2D eigenvalue weighted by Gasteiger charge is 2.52. The van der Waals surface area contributed by atoms with Gasteiger partial charge in [0.1, 0.15) is 10.0 Å². The molecule has 2 aromatic heterocycles. The van der Waals surface area contributed by atoms with E-state index in [0.29, 0.717) is 6.54 Å². The number of hydrogen-bond donors (Lipinski definition) is 5. The van der Waals surface area contributed by atoms with Crippen molar-refractivity contribution in [3.8, 4) is 0 Å². The number of allylic oxidation sites excluding steroid dienone is 2. The van der Waals surface area contributed by atoms with Gasteiger partial charge in [-0.3, -0.25) is 4.98 Å². The molecule has 0 fully saturated rings. The van der Waals surface area contributed by atoms with Crippen LogP contribution in [-0.2, 0) is 0 Å².